The molecule has 3 heterocycles. The number of benzene rings is 1. The topological polar surface area (TPSA) is 76.1 Å². The van der Waals surface area contributed by atoms with Gasteiger partial charge >= 0.3 is 0 Å². The fraction of sp³-hybridized carbons (Fsp3) is 0.286. The smallest absolute Gasteiger partial charge is 0.178 e. The molecular weight excluding hydrogens is 372 g/mol. The predicted octanol–water partition coefficient (Wildman–Crippen LogP) is 3.46. The van der Waals surface area contributed by atoms with E-state index in [2.05, 4.69) is 21.8 Å². The number of nitrogens with zero attached hydrogens (tertiary/aromatic N) is 4. The van der Waals surface area contributed by atoms with Crippen LogP contribution in [0.15, 0.2) is 59.8 Å². The van der Waals surface area contributed by atoms with Crippen molar-refractivity contribution < 1.29 is 8.42 Å². The van der Waals surface area contributed by atoms with Gasteiger partial charge in [-0.2, -0.15) is 0 Å². The zero-order valence-electron chi connectivity index (χ0n) is 15.9. The van der Waals surface area contributed by atoms with Crippen LogP contribution in [0.2, 0.25) is 0 Å². The van der Waals surface area contributed by atoms with Crippen molar-refractivity contribution in [2.24, 2.45) is 0 Å². The van der Waals surface area contributed by atoms with Crippen LogP contribution in [0.4, 0.5) is 5.69 Å². The third-order valence-corrected chi connectivity index (χ3v) is 6.23. The number of aromatic nitrogens is 3. The molecule has 0 aliphatic carbocycles. The molecule has 1 unspecified atom stereocenters. The van der Waals surface area contributed by atoms with Crippen molar-refractivity contribution in [3.05, 3.63) is 66.1 Å². The second kappa shape index (κ2) is 7.31. The average molecular weight is 395 g/mol. The minimum atomic E-state index is -3.19. The van der Waals surface area contributed by atoms with Gasteiger partial charge in [-0.25, -0.2) is 18.4 Å². The molecule has 0 saturated carbocycles. The molecule has 144 valence electrons. The van der Waals surface area contributed by atoms with Gasteiger partial charge in [-0.1, -0.05) is 13.0 Å². The Kier molecular flexibility index (Phi) is 4.85. The molecule has 0 fully saturated rings. The fourth-order valence-corrected chi connectivity index (χ4v) is 4.34. The van der Waals surface area contributed by atoms with Gasteiger partial charge in [0.25, 0.3) is 0 Å². The van der Waals surface area contributed by atoms with Gasteiger partial charge in [-0.15, -0.1) is 0 Å². The standard InChI is InChI=1S/C21H22N4O2S/c1-3-20-17-14-23-21(19-6-4-5-12-22-19)24-18(17)11-13-25(20)15-7-9-16(10-8-15)28(2,26)27/h4-10,12,14,20H,3,11,13H2,1-2H3. The van der Waals surface area contributed by atoms with Gasteiger partial charge < -0.3 is 4.90 Å². The largest absolute Gasteiger partial charge is 0.364 e. The molecule has 1 atom stereocenters. The summed E-state index contributed by atoms with van der Waals surface area (Å²) in [5, 5.41) is 0. The molecule has 1 aliphatic heterocycles. The Labute approximate surface area is 165 Å². The van der Waals surface area contributed by atoms with E-state index in [4.69, 9.17) is 4.98 Å². The SMILES string of the molecule is CCC1c2cnc(-c3ccccn3)nc2CCN1c1ccc(S(C)(=O)=O)cc1. The summed E-state index contributed by atoms with van der Waals surface area (Å²) in [5.41, 5.74) is 3.97. The summed E-state index contributed by atoms with van der Waals surface area (Å²) >= 11 is 0. The van der Waals surface area contributed by atoms with E-state index in [1.54, 1.807) is 18.3 Å². The van der Waals surface area contributed by atoms with Crippen molar-refractivity contribution in [1.29, 1.82) is 0 Å². The minimum absolute atomic E-state index is 0.158. The Balaban J connectivity index is 1.66. The van der Waals surface area contributed by atoms with E-state index in [0.717, 1.165) is 42.0 Å². The number of sulfone groups is 1. The van der Waals surface area contributed by atoms with Gasteiger partial charge in [-0.05, 0) is 42.8 Å². The second-order valence-electron chi connectivity index (χ2n) is 6.94. The summed E-state index contributed by atoms with van der Waals surface area (Å²) in [7, 11) is -3.19. The highest BCUT2D eigenvalue weighted by atomic mass is 32.2. The van der Waals surface area contributed by atoms with Crippen LogP contribution in [0.3, 0.4) is 0 Å². The highest BCUT2D eigenvalue weighted by Crippen LogP contribution is 2.35. The van der Waals surface area contributed by atoms with Crippen LogP contribution in [-0.2, 0) is 16.3 Å². The zero-order chi connectivity index (χ0) is 19.7. The number of rotatable bonds is 4. The van der Waals surface area contributed by atoms with E-state index in [0.29, 0.717) is 10.7 Å². The van der Waals surface area contributed by atoms with E-state index in [-0.39, 0.29) is 6.04 Å². The molecule has 0 saturated heterocycles. The Bertz CT molecular complexity index is 1080. The molecular formula is C21H22N4O2S. The van der Waals surface area contributed by atoms with Crippen molar-refractivity contribution in [3.63, 3.8) is 0 Å². The molecule has 0 bridgehead atoms. The Morgan fingerprint density at radius 2 is 1.89 bits per heavy atom. The third kappa shape index (κ3) is 3.49. The van der Waals surface area contributed by atoms with Gasteiger partial charge in [0.15, 0.2) is 15.7 Å². The van der Waals surface area contributed by atoms with Gasteiger partial charge in [0.05, 0.1) is 16.6 Å². The lowest BCUT2D eigenvalue weighted by atomic mass is 9.95. The van der Waals surface area contributed by atoms with Gasteiger partial charge in [-0.3, -0.25) is 4.98 Å². The first-order valence-corrected chi connectivity index (χ1v) is 11.2. The monoisotopic (exact) mass is 394 g/mol. The second-order valence-corrected chi connectivity index (χ2v) is 8.96. The summed E-state index contributed by atoms with van der Waals surface area (Å²) in [6.07, 6.45) is 6.60. The molecule has 0 radical (unpaired) electrons. The first-order chi connectivity index (χ1) is 13.5. The molecule has 0 amide bonds. The summed E-state index contributed by atoms with van der Waals surface area (Å²) in [4.78, 5) is 16.3. The molecule has 1 aromatic carbocycles. The first kappa shape index (κ1) is 18.6. The molecule has 3 aromatic rings. The Morgan fingerprint density at radius 3 is 2.54 bits per heavy atom. The van der Waals surface area contributed by atoms with Gasteiger partial charge in [0, 0.05) is 42.9 Å². The van der Waals surface area contributed by atoms with Crippen LogP contribution in [0, 0.1) is 0 Å². The molecule has 0 spiro atoms. The van der Waals surface area contributed by atoms with Gasteiger partial charge in [0.2, 0.25) is 0 Å². The van der Waals surface area contributed by atoms with E-state index in [1.165, 1.54) is 6.26 Å². The average Bonchev–Trinajstić information content (AvgIpc) is 2.72. The van der Waals surface area contributed by atoms with Crippen molar-refractivity contribution in [1.82, 2.24) is 15.0 Å². The maximum atomic E-state index is 11.7. The predicted molar refractivity (Wildman–Crippen MR) is 109 cm³/mol. The van der Waals surface area contributed by atoms with Crippen molar-refractivity contribution in [2.75, 3.05) is 17.7 Å². The molecule has 28 heavy (non-hydrogen) atoms. The van der Waals surface area contributed by atoms with Gasteiger partial charge in [0.1, 0.15) is 5.69 Å². The number of hydrogen-bond donors (Lipinski definition) is 0. The van der Waals surface area contributed by atoms with E-state index >= 15 is 0 Å². The van der Waals surface area contributed by atoms with Crippen molar-refractivity contribution >= 4 is 15.5 Å². The summed E-state index contributed by atoms with van der Waals surface area (Å²) in [6, 6.07) is 13.0. The highest BCUT2D eigenvalue weighted by Gasteiger charge is 2.28. The number of pyridine rings is 1. The molecule has 4 rings (SSSR count). The van der Waals surface area contributed by atoms with E-state index in [9.17, 15) is 8.42 Å². The summed E-state index contributed by atoms with van der Waals surface area (Å²) < 4.78 is 23.4. The lowest BCUT2D eigenvalue weighted by Crippen LogP contribution is -2.36. The zero-order valence-corrected chi connectivity index (χ0v) is 16.7. The molecule has 1 aliphatic rings. The normalized spacial score (nSPS) is 16.6. The number of fused-ring (bicyclic) bond motifs is 1. The lowest BCUT2D eigenvalue weighted by molar-refractivity contribution is 0.556. The summed E-state index contributed by atoms with van der Waals surface area (Å²) in [6.45, 7) is 2.96. The van der Waals surface area contributed by atoms with Crippen LogP contribution in [0.5, 0.6) is 0 Å². The maximum Gasteiger partial charge on any atom is 0.178 e. The number of hydrogen-bond acceptors (Lipinski definition) is 6. The summed E-state index contributed by atoms with van der Waals surface area (Å²) in [5.74, 6) is 0.653. The Hall–Kier alpha value is -2.80. The number of anilines is 1. The van der Waals surface area contributed by atoms with Crippen LogP contribution >= 0.6 is 0 Å². The lowest BCUT2D eigenvalue weighted by Gasteiger charge is -2.38. The van der Waals surface area contributed by atoms with E-state index in [1.807, 2.05) is 36.5 Å². The first-order valence-electron chi connectivity index (χ1n) is 9.31. The van der Waals surface area contributed by atoms with Crippen LogP contribution < -0.4 is 4.90 Å². The van der Waals surface area contributed by atoms with Crippen LogP contribution in [0.1, 0.15) is 30.6 Å². The van der Waals surface area contributed by atoms with Crippen molar-refractivity contribution in [2.45, 2.75) is 30.7 Å². The molecule has 6 nitrogen and oxygen atoms in total. The van der Waals surface area contributed by atoms with E-state index < -0.39 is 9.84 Å². The molecule has 2 aromatic heterocycles. The fourth-order valence-electron chi connectivity index (χ4n) is 3.71. The molecule has 7 heteroatoms. The third-order valence-electron chi connectivity index (χ3n) is 5.10. The van der Waals surface area contributed by atoms with Crippen molar-refractivity contribution in [3.8, 4) is 11.5 Å². The Morgan fingerprint density at radius 1 is 1.11 bits per heavy atom. The quantitative estimate of drug-likeness (QED) is 0.675. The maximum absolute atomic E-state index is 11.7. The molecule has 0 N–H and O–H groups in total. The van der Waals surface area contributed by atoms with Crippen LogP contribution in [0.25, 0.3) is 11.5 Å². The highest BCUT2D eigenvalue weighted by molar-refractivity contribution is 7.90. The van der Waals surface area contributed by atoms with Crippen LogP contribution in [-0.4, -0.2) is 36.2 Å². The minimum Gasteiger partial charge on any atom is -0.364 e.